The third-order valence-corrected chi connectivity index (χ3v) is 2.02. The molecule has 1 aromatic rings. The molecule has 1 heterocycles. The maximum Gasteiger partial charge on any atom is 0.150 e. The van der Waals surface area contributed by atoms with Gasteiger partial charge in [0, 0.05) is 7.05 Å². The molecule has 0 atom stereocenters. The number of likely N-dealkylation sites (N-methyl/N-ethyl adjacent to an activating group) is 1. The Morgan fingerprint density at radius 1 is 1.50 bits per heavy atom. The number of ether oxygens (including phenoxy) is 1. The van der Waals surface area contributed by atoms with E-state index in [0.29, 0.717) is 18.0 Å². The van der Waals surface area contributed by atoms with Crippen molar-refractivity contribution in [2.45, 2.75) is 0 Å². The van der Waals surface area contributed by atoms with Gasteiger partial charge in [-0.15, -0.1) is 0 Å². The van der Waals surface area contributed by atoms with Gasteiger partial charge in [-0.1, -0.05) is 6.07 Å². The molecule has 1 aliphatic rings. The Morgan fingerprint density at radius 2 is 2.33 bits per heavy atom. The smallest absolute Gasteiger partial charge is 0.150 e. The van der Waals surface area contributed by atoms with Gasteiger partial charge in [0.25, 0.3) is 0 Å². The van der Waals surface area contributed by atoms with E-state index in [-0.39, 0.29) is 5.82 Å². The fourth-order valence-electron chi connectivity index (χ4n) is 1.39. The first-order chi connectivity index (χ1) is 5.79. The van der Waals surface area contributed by atoms with Crippen LogP contribution in [0.3, 0.4) is 0 Å². The predicted octanol–water partition coefficient (Wildman–Crippen LogP) is 1.65. The zero-order chi connectivity index (χ0) is 8.55. The van der Waals surface area contributed by atoms with Gasteiger partial charge in [-0.05, 0) is 12.1 Å². The molecule has 12 heavy (non-hydrogen) atoms. The van der Waals surface area contributed by atoms with Crippen LogP contribution in [-0.4, -0.2) is 20.2 Å². The van der Waals surface area contributed by atoms with E-state index in [0.717, 1.165) is 6.54 Å². The Kier molecular flexibility index (Phi) is 1.64. The Labute approximate surface area is 70.6 Å². The molecule has 0 fully saturated rings. The fourth-order valence-corrected chi connectivity index (χ4v) is 1.39. The summed E-state index contributed by atoms with van der Waals surface area (Å²) in [5, 5.41) is 0. The number of anilines is 1. The summed E-state index contributed by atoms with van der Waals surface area (Å²) in [4.78, 5) is 1.87. The summed E-state index contributed by atoms with van der Waals surface area (Å²) in [7, 11) is 1.87. The lowest BCUT2D eigenvalue weighted by atomic mass is 10.2. The largest absolute Gasteiger partial charge is 0.489 e. The molecule has 0 spiro atoms. The van der Waals surface area contributed by atoms with Crippen LogP contribution in [0.2, 0.25) is 0 Å². The number of rotatable bonds is 0. The van der Waals surface area contributed by atoms with Crippen LogP contribution in [0.15, 0.2) is 18.2 Å². The van der Waals surface area contributed by atoms with E-state index in [1.54, 1.807) is 12.1 Å². The van der Waals surface area contributed by atoms with Gasteiger partial charge < -0.3 is 9.64 Å². The summed E-state index contributed by atoms with van der Waals surface area (Å²) in [5.41, 5.74) is 0.573. The Morgan fingerprint density at radius 3 is 3.08 bits per heavy atom. The van der Waals surface area contributed by atoms with Crippen molar-refractivity contribution < 1.29 is 9.13 Å². The molecule has 2 nitrogen and oxygen atoms in total. The first-order valence-electron chi connectivity index (χ1n) is 3.91. The molecule has 0 aliphatic carbocycles. The van der Waals surface area contributed by atoms with Gasteiger partial charge in [-0.25, -0.2) is 4.39 Å². The third kappa shape index (κ3) is 1.02. The average Bonchev–Trinajstić information content (AvgIpc) is 2.04. The van der Waals surface area contributed by atoms with Crippen LogP contribution in [0.4, 0.5) is 10.1 Å². The van der Waals surface area contributed by atoms with Crippen LogP contribution in [0.25, 0.3) is 0 Å². The highest BCUT2D eigenvalue weighted by Crippen LogP contribution is 2.32. The highest BCUT2D eigenvalue weighted by atomic mass is 19.1. The lowest BCUT2D eigenvalue weighted by molar-refractivity contribution is 0.308. The van der Waals surface area contributed by atoms with E-state index < -0.39 is 0 Å². The molecule has 0 saturated heterocycles. The molecule has 0 bridgehead atoms. The van der Waals surface area contributed by atoms with Crippen LogP contribution in [0, 0.1) is 5.82 Å². The maximum absolute atomic E-state index is 13.2. The number of nitrogens with zero attached hydrogens (tertiary/aromatic N) is 1. The van der Waals surface area contributed by atoms with Gasteiger partial charge in [-0.3, -0.25) is 0 Å². The van der Waals surface area contributed by atoms with Gasteiger partial charge in [0.05, 0.1) is 6.54 Å². The molecule has 3 heteroatoms. The van der Waals surface area contributed by atoms with Crippen molar-refractivity contribution in [2.75, 3.05) is 25.1 Å². The topological polar surface area (TPSA) is 12.5 Å². The second-order valence-electron chi connectivity index (χ2n) is 2.86. The normalized spacial score (nSPS) is 15.3. The molecule has 0 amide bonds. The summed E-state index contributed by atoms with van der Waals surface area (Å²) in [5.74, 6) is 0.429. The lowest BCUT2D eigenvalue weighted by Crippen LogP contribution is -2.29. The summed E-state index contributed by atoms with van der Waals surface area (Å²) in [6.45, 7) is 1.38. The molecule has 1 aliphatic heterocycles. The minimum atomic E-state index is -0.213. The number of halogens is 1. The zero-order valence-electron chi connectivity index (χ0n) is 6.88. The van der Waals surface area contributed by atoms with Crippen molar-refractivity contribution in [3.8, 4) is 5.75 Å². The maximum atomic E-state index is 13.2. The first kappa shape index (κ1) is 7.40. The number of fused-ring (bicyclic) bond motifs is 1. The van der Waals surface area contributed by atoms with Gasteiger partial charge in [-0.2, -0.15) is 0 Å². The van der Waals surface area contributed by atoms with Crippen molar-refractivity contribution in [2.24, 2.45) is 0 Å². The summed E-state index contributed by atoms with van der Waals surface area (Å²) >= 11 is 0. The van der Waals surface area contributed by atoms with Crippen molar-refractivity contribution >= 4 is 5.69 Å². The molecule has 0 aromatic heterocycles. The molecule has 1 aromatic carbocycles. The molecular formula is C9H10FNO. The Bertz CT molecular complexity index is 301. The molecule has 0 radical (unpaired) electrons. The summed E-state index contributed by atoms with van der Waals surface area (Å²) in [6.07, 6.45) is 0. The van der Waals surface area contributed by atoms with Crippen molar-refractivity contribution in [3.63, 3.8) is 0 Å². The first-order valence-corrected chi connectivity index (χ1v) is 3.91. The van der Waals surface area contributed by atoms with Gasteiger partial charge in [0.2, 0.25) is 0 Å². The van der Waals surface area contributed by atoms with E-state index in [2.05, 4.69) is 0 Å². The second kappa shape index (κ2) is 2.66. The van der Waals surface area contributed by atoms with E-state index >= 15 is 0 Å². The third-order valence-electron chi connectivity index (χ3n) is 2.02. The summed E-state index contributed by atoms with van der Waals surface area (Å²) < 4.78 is 18.5. The standard InChI is InChI=1S/C9H10FNO/c1-11-5-6-12-8-4-2-3-7(10)9(8)11/h2-4H,5-6H2,1H3. The van der Waals surface area contributed by atoms with Crippen LogP contribution in [0.1, 0.15) is 0 Å². The monoisotopic (exact) mass is 167 g/mol. The molecule has 2 rings (SSSR count). The number of benzene rings is 1. The number of hydrogen-bond donors (Lipinski definition) is 0. The van der Waals surface area contributed by atoms with Crippen LogP contribution in [0.5, 0.6) is 5.75 Å². The van der Waals surface area contributed by atoms with Crippen molar-refractivity contribution in [1.29, 1.82) is 0 Å². The minimum absolute atomic E-state index is 0.213. The average molecular weight is 167 g/mol. The van der Waals surface area contributed by atoms with E-state index in [1.807, 2.05) is 11.9 Å². The van der Waals surface area contributed by atoms with Gasteiger partial charge in [0.15, 0.2) is 0 Å². The fraction of sp³-hybridized carbons (Fsp3) is 0.333. The van der Waals surface area contributed by atoms with E-state index in [4.69, 9.17) is 4.74 Å². The van der Waals surface area contributed by atoms with Crippen LogP contribution >= 0.6 is 0 Å². The van der Waals surface area contributed by atoms with Gasteiger partial charge in [0.1, 0.15) is 23.9 Å². The molecule has 0 saturated carbocycles. The Balaban J connectivity index is 2.53. The number of hydrogen-bond acceptors (Lipinski definition) is 2. The highest BCUT2D eigenvalue weighted by Gasteiger charge is 2.17. The van der Waals surface area contributed by atoms with Gasteiger partial charge >= 0.3 is 0 Å². The van der Waals surface area contributed by atoms with E-state index in [9.17, 15) is 4.39 Å². The molecule has 0 unspecified atom stereocenters. The summed E-state index contributed by atoms with van der Waals surface area (Å²) in [6, 6.07) is 4.89. The number of para-hydroxylation sites is 1. The lowest BCUT2D eigenvalue weighted by Gasteiger charge is -2.27. The molecule has 64 valence electrons. The van der Waals surface area contributed by atoms with E-state index in [1.165, 1.54) is 6.07 Å². The minimum Gasteiger partial charge on any atom is -0.489 e. The van der Waals surface area contributed by atoms with Crippen LogP contribution in [-0.2, 0) is 0 Å². The van der Waals surface area contributed by atoms with Crippen LogP contribution < -0.4 is 9.64 Å². The predicted molar refractivity (Wildman–Crippen MR) is 45.2 cm³/mol. The van der Waals surface area contributed by atoms with Crippen molar-refractivity contribution in [1.82, 2.24) is 0 Å². The SMILES string of the molecule is CN1CCOc2cccc(F)c21. The quantitative estimate of drug-likeness (QED) is 0.582. The Hall–Kier alpha value is -1.25. The molecular weight excluding hydrogens is 157 g/mol. The second-order valence-corrected chi connectivity index (χ2v) is 2.86. The molecule has 0 N–H and O–H groups in total. The zero-order valence-corrected chi connectivity index (χ0v) is 6.88. The highest BCUT2D eigenvalue weighted by molar-refractivity contribution is 5.60. The van der Waals surface area contributed by atoms with Crippen molar-refractivity contribution in [3.05, 3.63) is 24.0 Å².